The van der Waals surface area contributed by atoms with Crippen LogP contribution >= 0.6 is 11.6 Å². The molecule has 1 aromatic carbocycles. The lowest BCUT2D eigenvalue weighted by Gasteiger charge is -2.02. The average molecular weight is 263 g/mol. The second-order valence-electron chi connectivity index (χ2n) is 3.87. The van der Waals surface area contributed by atoms with E-state index in [4.69, 9.17) is 11.6 Å². The number of hydrogen-bond acceptors (Lipinski definition) is 3. The number of carbonyl (C=O) groups is 2. The fraction of sp³-hybridized carbons (Fsp3) is 0.154. The fourth-order valence-electron chi connectivity index (χ4n) is 1.68. The number of Topliss-reactive ketones (excluding diaryl/α,β-unsaturated/α-hetero) is 1. The van der Waals surface area contributed by atoms with Gasteiger partial charge in [0.25, 0.3) is 0 Å². The number of carbonyl (C=O) groups excluding carboxylic acids is 2. The van der Waals surface area contributed by atoms with E-state index in [1.54, 1.807) is 0 Å². The molecule has 4 nitrogen and oxygen atoms in total. The zero-order valence-electron chi connectivity index (χ0n) is 9.76. The summed E-state index contributed by atoms with van der Waals surface area (Å²) in [6.45, 7) is 1.78. The molecule has 0 spiro atoms. The van der Waals surface area contributed by atoms with Crippen molar-refractivity contribution in [3.05, 3.63) is 52.3 Å². The van der Waals surface area contributed by atoms with Crippen LogP contribution in [-0.2, 0) is 6.54 Å². The second-order valence-corrected chi connectivity index (χ2v) is 4.23. The molecule has 0 fully saturated rings. The molecule has 92 valence electrons. The van der Waals surface area contributed by atoms with E-state index < -0.39 is 0 Å². The highest BCUT2D eigenvalue weighted by Crippen LogP contribution is 2.20. The Balaban J connectivity index is 2.40. The van der Waals surface area contributed by atoms with Crippen LogP contribution < -0.4 is 0 Å². The van der Waals surface area contributed by atoms with Crippen molar-refractivity contribution in [1.82, 2.24) is 9.78 Å². The van der Waals surface area contributed by atoms with E-state index in [0.717, 1.165) is 5.56 Å². The molecule has 0 aliphatic carbocycles. The first kappa shape index (κ1) is 12.5. The number of nitrogens with zero attached hydrogens (tertiary/aromatic N) is 2. The van der Waals surface area contributed by atoms with E-state index in [9.17, 15) is 9.59 Å². The topological polar surface area (TPSA) is 52.0 Å². The second kappa shape index (κ2) is 5.14. The summed E-state index contributed by atoms with van der Waals surface area (Å²) in [4.78, 5) is 22.3. The molecule has 2 rings (SSSR count). The maximum atomic E-state index is 11.3. The van der Waals surface area contributed by atoms with Gasteiger partial charge in [-0.25, -0.2) is 4.68 Å². The predicted molar refractivity (Wildman–Crippen MR) is 68.2 cm³/mol. The number of rotatable bonds is 4. The minimum absolute atomic E-state index is 0.117. The Bertz CT molecular complexity index is 591. The fourth-order valence-corrected chi connectivity index (χ4v) is 1.91. The Morgan fingerprint density at radius 3 is 2.56 bits per heavy atom. The molecule has 5 heteroatoms. The molecule has 0 saturated heterocycles. The molecule has 0 aliphatic rings. The summed E-state index contributed by atoms with van der Waals surface area (Å²) in [5.41, 5.74) is 1.26. The van der Waals surface area contributed by atoms with Gasteiger partial charge >= 0.3 is 0 Å². The van der Waals surface area contributed by atoms with Crippen LogP contribution in [0.25, 0.3) is 0 Å². The van der Waals surface area contributed by atoms with Crippen molar-refractivity contribution in [3.8, 4) is 0 Å². The molecule has 0 saturated carbocycles. The average Bonchev–Trinajstić information content (AvgIpc) is 2.68. The largest absolute Gasteiger partial charge is 0.298 e. The number of ketones is 1. The van der Waals surface area contributed by atoms with Crippen molar-refractivity contribution >= 4 is 23.7 Å². The quantitative estimate of drug-likeness (QED) is 0.629. The summed E-state index contributed by atoms with van der Waals surface area (Å²) in [5.74, 6) is -0.272. The van der Waals surface area contributed by atoms with Gasteiger partial charge in [0.15, 0.2) is 12.1 Å². The van der Waals surface area contributed by atoms with Gasteiger partial charge in [0.2, 0.25) is 0 Å². The number of benzene rings is 1. The zero-order valence-corrected chi connectivity index (χ0v) is 10.5. The molecule has 0 unspecified atom stereocenters. The van der Waals surface area contributed by atoms with E-state index >= 15 is 0 Å². The summed E-state index contributed by atoms with van der Waals surface area (Å²) in [6, 6.07) is 9.56. The van der Waals surface area contributed by atoms with Crippen LogP contribution in [0.4, 0.5) is 0 Å². The van der Waals surface area contributed by atoms with E-state index in [1.807, 2.05) is 30.3 Å². The van der Waals surface area contributed by atoms with Crippen molar-refractivity contribution in [1.29, 1.82) is 0 Å². The maximum absolute atomic E-state index is 11.3. The highest BCUT2D eigenvalue weighted by molar-refractivity contribution is 6.32. The van der Waals surface area contributed by atoms with Gasteiger partial charge in [-0.1, -0.05) is 41.9 Å². The Morgan fingerprint density at radius 1 is 1.39 bits per heavy atom. The highest BCUT2D eigenvalue weighted by Gasteiger charge is 2.18. The lowest BCUT2D eigenvalue weighted by Crippen LogP contribution is -2.03. The van der Waals surface area contributed by atoms with Crippen LogP contribution in [0.1, 0.15) is 33.3 Å². The molecule has 0 N–H and O–H groups in total. The lowest BCUT2D eigenvalue weighted by atomic mass is 10.2. The minimum Gasteiger partial charge on any atom is -0.298 e. The standard InChI is InChI=1S/C13H11ClN2O2/c1-9(18)12-11(8-17)13(14)16(15-12)7-10-5-3-2-4-6-10/h2-6,8H,7H2,1H3. The Labute approximate surface area is 109 Å². The molecule has 1 aromatic heterocycles. The normalized spacial score (nSPS) is 10.3. The number of hydrogen-bond donors (Lipinski definition) is 0. The van der Waals surface area contributed by atoms with Gasteiger partial charge in [0, 0.05) is 6.92 Å². The van der Waals surface area contributed by atoms with Crippen molar-refractivity contribution < 1.29 is 9.59 Å². The van der Waals surface area contributed by atoms with Crippen LogP contribution in [0.15, 0.2) is 30.3 Å². The minimum atomic E-state index is -0.272. The monoisotopic (exact) mass is 262 g/mol. The summed E-state index contributed by atoms with van der Waals surface area (Å²) in [5, 5.41) is 4.27. The van der Waals surface area contributed by atoms with Gasteiger partial charge < -0.3 is 0 Å². The summed E-state index contributed by atoms with van der Waals surface area (Å²) in [6.07, 6.45) is 0.563. The van der Waals surface area contributed by atoms with E-state index in [2.05, 4.69) is 5.10 Å². The third-order valence-electron chi connectivity index (χ3n) is 2.55. The van der Waals surface area contributed by atoms with Gasteiger partial charge in [-0.05, 0) is 5.56 Å². The zero-order chi connectivity index (χ0) is 13.1. The van der Waals surface area contributed by atoms with Gasteiger partial charge in [-0.2, -0.15) is 5.10 Å². The first-order chi connectivity index (χ1) is 8.63. The van der Waals surface area contributed by atoms with Crippen LogP contribution in [0, 0.1) is 0 Å². The Morgan fingerprint density at radius 2 is 2.06 bits per heavy atom. The van der Waals surface area contributed by atoms with Crippen LogP contribution in [0.2, 0.25) is 5.15 Å². The Kier molecular flexibility index (Phi) is 3.58. The molecule has 18 heavy (non-hydrogen) atoms. The summed E-state index contributed by atoms with van der Waals surface area (Å²) in [7, 11) is 0. The van der Waals surface area contributed by atoms with Crippen molar-refractivity contribution in [2.75, 3.05) is 0 Å². The summed E-state index contributed by atoms with van der Waals surface area (Å²) >= 11 is 6.04. The SMILES string of the molecule is CC(=O)c1nn(Cc2ccccc2)c(Cl)c1C=O. The first-order valence-electron chi connectivity index (χ1n) is 5.40. The van der Waals surface area contributed by atoms with E-state index in [0.29, 0.717) is 12.8 Å². The van der Waals surface area contributed by atoms with Crippen molar-refractivity contribution in [3.63, 3.8) is 0 Å². The number of aromatic nitrogens is 2. The third-order valence-corrected chi connectivity index (χ3v) is 2.95. The van der Waals surface area contributed by atoms with Gasteiger partial charge in [-0.15, -0.1) is 0 Å². The maximum Gasteiger partial charge on any atom is 0.180 e. The predicted octanol–water partition coefficient (Wildman–Crippen LogP) is 2.60. The molecule has 0 bridgehead atoms. The van der Waals surface area contributed by atoms with Crippen LogP contribution in [0.5, 0.6) is 0 Å². The third kappa shape index (κ3) is 2.33. The molecular weight excluding hydrogens is 252 g/mol. The molecule has 0 aliphatic heterocycles. The number of halogens is 1. The molecule has 0 amide bonds. The Hall–Kier alpha value is -1.94. The van der Waals surface area contributed by atoms with E-state index in [1.165, 1.54) is 11.6 Å². The number of aldehydes is 1. The smallest absolute Gasteiger partial charge is 0.180 e. The van der Waals surface area contributed by atoms with Gasteiger partial charge in [0.05, 0.1) is 12.1 Å². The first-order valence-corrected chi connectivity index (χ1v) is 5.77. The molecule has 0 atom stereocenters. The van der Waals surface area contributed by atoms with Crippen LogP contribution in [-0.4, -0.2) is 21.8 Å². The molecular formula is C13H11ClN2O2. The molecule has 1 heterocycles. The lowest BCUT2D eigenvalue weighted by molar-refractivity contribution is 0.100. The molecule has 0 radical (unpaired) electrons. The van der Waals surface area contributed by atoms with Crippen molar-refractivity contribution in [2.45, 2.75) is 13.5 Å². The van der Waals surface area contributed by atoms with E-state index in [-0.39, 0.29) is 22.2 Å². The van der Waals surface area contributed by atoms with Crippen LogP contribution in [0.3, 0.4) is 0 Å². The highest BCUT2D eigenvalue weighted by atomic mass is 35.5. The summed E-state index contributed by atoms with van der Waals surface area (Å²) < 4.78 is 1.46. The van der Waals surface area contributed by atoms with Gasteiger partial charge in [-0.3, -0.25) is 9.59 Å². The van der Waals surface area contributed by atoms with Crippen molar-refractivity contribution in [2.24, 2.45) is 0 Å². The molecule has 2 aromatic rings. The van der Waals surface area contributed by atoms with Gasteiger partial charge in [0.1, 0.15) is 10.8 Å².